The number of methoxy groups -OCH3 is 3. The number of hydrogen-bond acceptors (Lipinski definition) is 5. The fraction of sp³-hybridized carbons (Fsp3) is 0.238. The molecule has 1 heterocycles. The van der Waals surface area contributed by atoms with Crippen LogP contribution in [-0.4, -0.2) is 36.8 Å². The first-order valence-corrected chi connectivity index (χ1v) is 8.70. The molecule has 0 saturated carbocycles. The Balaban J connectivity index is 1.98. The Morgan fingerprint density at radius 2 is 1.57 bits per heavy atom. The first-order chi connectivity index (χ1) is 13.5. The van der Waals surface area contributed by atoms with Gasteiger partial charge in [0.2, 0.25) is 0 Å². The van der Waals surface area contributed by atoms with Gasteiger partial charge in [0.25, 0.3) is 5.91 Å². The van der Waals surface area contributed by atoms with Crippen molar-refractivity contribution in [3.63, 3.8) is 0 Å². The van der Waals surface area contributed by atoms with Crippen LogP contribution in [0.4, 0.5) is 0 Å². The van der Waals surface area contributed by atoms with E-state index in [-0.39, 0.29) is 5.91 Å². The van der Waals surface area contributed by atoms with Crippen molar-refractivity contribution in [1.29, 1.82) is 0 Å². The molecule has 0 saturated heterocycles. The topological polar surface area (TPSA) is 74.6 Å². The quantitative estimate of drug-likeness (QED) is 0.681. The first kappa shape index (κ1) is 19.3. The van der Waals surface area contributed by atoms with Crippen molar-refractivity contribution in [3.05, 3.63) is 71.8 Å². The van der Waals surface area contributed by atoms with Gasteiger partial charge in [-0.3, -0.25) is 4.79 Å². The summed E-state index contributed by atoms with van der Waals surface area (Å²) in [6.07, 6.45) is 3.53. The molecule has 3 rings (SSSR count). The van der Waals surface area contributed by atoms with Crippen LogP contribution >= 0.6 is 0 Å². The number of amides is 1. The van der Waals surface area contributed by atoms with E-state index in [0.29, 0.717) is 28.6 Å². The van der Waals surface area contributed by atoms with Crippen LogP contribution in [0.5, 0.6) is 17.2 Å². The Hall–Kier alpha value is -3.48. The van der Waals surface area contributed by atoms with E-state index in [9.17, 15) is 4.79 Å². The van der Waals surface area contributed by atoms with E-state index in [1.165, 1.54) is 0 Å². The fourth-order valence-electron chi connectivity index (χ4n) is 2.91. The molecule has 0 radical (unpaired) electrons. The van der Waals surface area contributed by atoms with Gasteiger partial charge in [0.15, 0.2) is 0 Å². The average molecular weight is 381 g/mol. The molecule has 1 aromatic heterocycles. The van der Waals surface area contributed by atoms with Gasteiger partial charge in [-0.2, -0.15) is 0 Å². The SMILES string of the molecule is COc1ccc(C(=O)NC(c2cc(OC)cc(OC)c2)c2nccn2C)cc1. The summed E-state index contributed by atoms with van der Waals surface area (Å²) < 4.78 is 17.8. The number of carbonyl (C=O) groups is 1. The normalized spacial score (nSPS) is 11.6. The molecule has 1 amide bonds. The van der Waals surface area contributed by atoms with Crippen LogP contribution < -0.4 is 19.5 Å². The monoisotopic (exact) mass is 381 g/mol. The maximum Gasteiger partial charge on any atom is 0.252 e. The van der Waals surface area contributed by atoms with Gasteiger partial charge in [0.05, 0.1) is 21.3 Å². The Morgan fingerprint density at radius 3 is 2.07 bits per heavy atom. The van der Waals surface area contributed by atoms with Gasteiger partial charge in [0.1, 0.15) is 29.1 Å². The molecule has 0 fully saturated rings. The third-order valence-corrected chi connectivity index (χ3v) is 4.45. The highest BCUT2D eigenvalue weighted by atomic mass is 16.5. The Labute approximate surface area is 163 Å². The molecule has 0 spiro atoms. The lowest BCUT2D eigenvalue weighted by atomic mass is 10.0. The Kier molecular flexibility index (Phi) is 5.84. The van der Waals surface area contributed by atoms with E-state index in [2.05, 4.69) is 10.3 Å². The number of nitrogens with one attached hydrogen (secondary N) is 1. The van der Waals surface area contributed by atoms with Gasteiger partial charge in [-0.05, 0) is 42.0 Å². The van der Waals surface area contributed by atoms with Gasteiger partial charge in [0, 0.05) is 31.1 Å². The summed E-state index contributed by atoms with van der Waals surface area (Å²) in [5.74, 6) is 2.42. The predicted molar refractivity (Wildman–Crippen MR) is 105 cm³/mol. The molecule has 146 valence electrons. The molecule has 1 unspecified atom stereocenters. The van der Waals surface area contributed by atoms with Crippen LogP contribution in [0, 0.1) is 0 Å². The smallest absolute Gasteiger partial charge is 0.252 e. The van der Waals surface area contributed by atoms with E-state index in [1.54, 1.807) is 57.9 Å². The number of benzene rings is 2. The van der Waals surface area contributed by atoms with Gasteiger partial charge < -0.3 is 24.1 Å². The third kappa shape index (κ3) is 4.09. The molecule has 3 aromatic rings. The van der Waals surface area contributed by atoms with Gasteiger partial charge >= 0.3 is 0 Å². The number of carbonyl (C=O) groups excluding carboxylic acids is 1. The van der Waals surface area contributed by atoms with Crippen molar-refractivity contribution in [1.82, 2.24) is 14.9 Å². The highest BCUT2D eigenvalue weighted by molar-refractivity contribution is 5.94. The number of aromatic nitrogens is 2. The number of aryl methyl sites for hydroxylation is 1. The van der Waals surface area contributed by atoms with Crippen LogP contribution in [0.2, 0.25) is 0 Å². The molecule has 2 aromatic carbocycles. The number of hydrogen-bond donors (Lipinski definition) is 1. The summed E-state index contributed by atoms with van der Waals surface area (Å²) in [5, 5.41) is 3.06. The van der Waals surface area contributed by atoms with Crippen LogP contribution in [0.25, 0.3) is 0 Å². The second-order valence-electron chi connectivity index (χ2n) is 6.18. The maximum absolute atomic E-state index is 12.9. The highest BCUT2D eigenvalue weighted by Crippen LogP contribution is 2.29. The minimum absolute atomic E-state index is 0.225. The van der Waals surface area contributed by atoms with Crippen LogP contribution in [-0.2, 0) is 7.05 Å². The van der Waals surface area contributed by atoms with E-state index in [0.717, 1.165) is 5.56 Å². The molecular weight excluding hydrogens is 358 g/mol. The standard InChI is InChI=1S/C21H23N3O4/c1-24-10-9-22-20(24)19(15-11-17(27-3)13-18(12-15)28-4)23-21(25)14-5-7-16(26-2)8-6-14/h5-13,19H,1-4H3,(H,23,25). The van der Waals surface area contributed by atoms with Gasteiger partial charge in [-0.15, -0.1) is 0 Å². The lowest BCUT2D eigenvalue weighted by molar-refractivity contribution is 0.0941. The van der Waals surface area contributed by atoms with Crippen molar-refractivity contribution in [2.45, 2.75) is 6.04 Å². The largest absolute Gasteiger partial charge is 0.497 e. The van der Waals surface area contributed by atoms with Gasteiger partial charge in [-0.1, -0.05) is 0 Å². The molecule has 28 heavy (non-hydrogen) atoms. The molecule has 0 aliphatic carbocycles. The summed E-state index contributed by atoms with van der Waals surface area (Å²) in [6.45, 7) is 0. The maximum atomic E-state index is 12.9. The zero-order chi connectivity index (χ0) is 20.1. The molecule has 1 atom stereocenters. The molecule has 0 bridgehead atoms. The zero-order valence-electron chi connectivity index (χ0n) is 16.3. The summed E-state index contributed by atoms with van der Waals surface area (Å²) in [4.78, 5) is 17.3. The minimum Gasteiger partial charge on any atom is -0.497 e. The highest BCUT2D eigenvalue weighted by Gasteiger charge is 2.23. The fourth-order valence-corrected chi connectivity index (χ4v) is 2.91. The summed E-state index contributed by atoms with van der Waals surface area (Å²) in [5.41, 5.74) is 1.32. The summed E-state index contributed by atoms with van der Waals surface area (Å²) >= 11 is 0. The second-order valence-corrected chi connectivity index (χ2v) is 6.18. The Morgan fingerprint density at radius 1 is 0.964 bits per heavy atom. The molecule has 7 heteroatoms. The van der Waals surface area contributed by atoms with E-state index >= 15 is 0 Å². The second kappa shape index (κ2) is 8.47. The molecular formula is C21H23N3O4. The van der Waals surface area contributed by atoms with Crippen molar-refractivity contribution < 1.29 is 19.0 Å². The summed E-state index contributed by atoms with van der Waals surface area (Å²) in [7, 11) is 6.64. The number of nitrogens with zero attached hydrogens (tertiary/aromatic N) is 2. The van der Waals surface area contributed by atoms with Crippen LogP contribution in [0.1, 0.15) is 27.8 Å². The van der Waals surface area contributed by atoms with E-state index in [4.69, 9.17) is 14.2 Å². The zero-order valence-corrected chi connectivity index (χ0v) is 16.3. The lowest BCUT2D eigenvalue weighted by Gasteiger charge is -2.20. The molecule has 0 aliphatic rings. The predicted octanol–water partition coefficient (Wildman–Crippen LogP) is 2.97. The lowest BCUT2D eigenvalue weighted by Crippen LogP contribution is -2.31. The number of ether oxygens (including phenoxy) is 3. The number of rotatable bonds is 7. The average Bonchev–Trinajstić information content (AvgIpc) is 3.16. The third-order valence-electron chi connectivity index (χ3n) is 4.45. The van der Waals surface area contributed by atoms with Crippen LogP contribution in [0.15, 0.2) is 54.9 Å². The van der Waals surface area contributed by atoms with Gasteiger partial charge in [-0.25, -0.2) is 4.98 Å². The first-order valence-electron chi connectivity index (χ1n) is 8.70. The van der Waals surface area contributed by atoms with Crippen molar-refractivity contribution >= 4 is 5.91 Å². The minimum atomic E-state index is -0.487. The number of imidazole rings is 1. The summed E-state index contributed by atoms with van der Waals surface area (Å²) in [6, 6.07) is 11.9. The van der Waals surface area contributed by atoms with Crippen LogP contribution in [0.3, 0.4) is 0 Å². The van der Waals surface area contributed by atoms with Crippen molar-refractivity contribution in [3.8, 4) is 17.2 Å². The Bertz CT molecular complexity index is 928. The van der Waals surface area contributed by atoms with Crippen molar-refractivity contribution in [2.75, 3.05) is 21.3 Å². The van der Waals surface area contributed by atoms with Crippen molar-refractivity contribution in [2.24, 2.45) is 7.05 Å². The molecule has 7 nitrogen and oxygen atoms in total. The van der Waals surface area contributed by atoms with E-state index in [1.807, 2.05) is 29.9 Å². The molecule has 1 N–H and O–H groups in total. The molecule has 0 aliphatic heterocycles. The van der Waals surface area contributed by atoms with E-state index < -0.39 is 6.04 Å².